The van der Waals surface area contributed by atoms with Crippen LogP contribution >= 0.6 is 11.8 Å². The fraction of sp³-hybridized carbons (Fsp3) is 0.150. The lowest BCUT2D eigenvalue weighted by Gasteiger charge is -2.07. The average molecular weight is 384 g/mol. The van der Waals surface area contributed by atoms with E-state index < -0.39 is 0 Å². The number of carbonyl (C=O) groups is 2. The summed E-state index contributed by atoms with van der Waals surface area (Å²) in [6.45, 7) is 2.06. The Morgan fingerprint density at radius 3 is 2.48 bits per heavy atom. The molecule has 0 bridgehead atoms. The maximum atomic E-state index is 13.0. The first-order valence-electron chi connectivity index (χ1n) is 8.27. The van der Waals surface area contributed by atoms with Crippen molar-refractivity contribution in [2.45, 2.75) is 6.92 Å². The van der Waals surface area contributed by atoms with Crippen molar-refractivity contribution in [2.24, 2.45) is 4.99 Å². The zero-order chi connectivity index (χ0) is 19.4. The Bertz CT molecular complexity index is 921. The van der Waals surface area contributed by atoms with Gasteiger partial charge in [0.2, 0.25) is 0 Å². The quantitative estimate of drug-likeness (QED) is 0.585. The van der Waals surface area contributed by atoms with Crippen LogP contribution in [-0.2, 0) is 9.53 Å². The van der Waals surface area contributed by atoms with Crippen LogP contribution < -0.4 is 0 Å². The molecule has 27 heavy (non-hydrogen) atoms. The standard InChI is InChI=1S/C20H17FN2O3S/c1-3-26-19(25)14-6-10-16(11-7-14)22-20-23(2)18(24)17(27-20)12-13-4-8-15(21)9-5-13/h4-12H,3H2,1-2H3. The molecule has 1 saturated heterocycles. The van der Waals surface area contributed by atoms with E-state index in [-0.39, 0.29) is 17.7 Å². The number of rotatable bonds is 4. The predicted octanol–water partition coefficient (Wildman–Crippen LogP) is 4.24. The van der Waals surface area contributed by atoms with Crippen LogP contribution in [0.5, 0.6) is 0 Å². The van der Waals surface area contributed by atoms with E-state index >= 15 is 0 Å². The lowest BCUT2D eigenvalue weighted by molar-refractivity contribution is -0.121. The van der Waals surface area contributed by atoms with Gasteiger partial charge in [0.25, 0.3) is 5.91 Å². The van der Waals surface area contributed by atoms with Crippen molar-refractivity contribution in [2.75, 3.05) is 13.7 Å². The molecule has 1 fully saturated rings. The summed E-state index contributed by atoms with van der Waals surface area (Å²) in [7, 11) is 1.65. The van der Waals surface area contributed by atoms with Gasteiger partial charge in [0.1, 0.15) is 5.82 Å². The Hall–Kier alpha value is -2.93. The molecule has 0 aliphatic carbocycles. The lowest BCUT2D eigenvalue weighted by atomic mass is 10.2. The molecule has 0 saturated carbocycles. The highest BCUT2D eigenvalue weighted by Gasteiger charge is 2.30. The van der Waals surface area contributed by atoms with E-state index in [1.54, 1.807) is 56.4 Å². The zero-order valence-corrected chi connectivity index (χ0v) is 15.6. The second-order valence-corrected chi connectivity index (χ2v) is 6.70. The number of amides is 1. The number of halogens is 1. The van der Waals surface area contributed by atoms with Crippen molar-refractivity contribution in [3.63, 3.8) is 0 Å². The summed E-state index contributed by atoms with van der Waals surface area (Å²) in [5.41, 5.74) is 1.80. The van der Waals surface area contributed by atoms with Crippen LogP contribution in [0.4, 0.5) is 10.1 Å². The number of likely N-dealkylation sites (N-methyl/N-ethyl adjacent to an activating group) is 1. The predicted molar refractivity (Wildman–Crippen MR) is 104 cm³/mol. The second-order valence-electron chi connectivity index (χ2n) is 5.69. The van der Waals surface area contributed by atoms with Gasteiger partial charge in [-0.15, -0.1) is 0 Å². The van der Waals surface area contributed by atoms with Gasteiger partial charge >= 0.3 is 5.97 Å². The molecule has 7 heteroatoms. The van der Waals surface area contributed by atoms with Crippen LogP contribution in [0.25, 0.3) is 6.08 Å². The summed E-state index contributed by atoms with van der Waals surface area (Å²) in [6, 6.07) is 12.6. The molecule has 0 N–H and O–H groups in total. The van der Waals surface area contributed by atoms with Crippen molar-refractivity contribution < 1.29 is 18.7 Å². The van der Waals surface area contributed by atoms with Gasteiger partial charge in [0.15, 0.2) is 5.17 Å². The second kappa shape index (κ2) is 8.18. The number of benzene rings is 2. The third-order valence-electron chi connectivity index (χ3n) is 3.77. The molecular weight excluding hydrogens is 367 g/mol. The molecule has 1 amide bonds. The van der Waals surface area contributed by atoms with Gasteiger partial charge in [0.05, 0.1) is 22.8 Å². The molecule has 1 aliphatic heterocycles. The van der Waals surface area contributed by atoms with Crippen LogP contribution in [-0.4, -0.2) is 35.6 Å². The van der Waals surface area contributed by atoms with Crippen LogP contribution in [0, 0.1) is 5.82 Å². The van der Waals surface area contributed by atoms with E-state index in [1.807, 2.05) is 0 Å². The molecule has 0 aromatic heterocycles. The van der Waals surface area contributed by atoms with Gasteiger partial charge < -0.3 is 4.74 Å². The highest BCUT2D eigenvalue weighted by Crippen LogP contribution is 2.33. The maximum absolute atomic E-state index is 13.0. The molecule has 0 unspecified atom stereocenters. The Morgan fingerprint density at radius 1 is 1.19 bits per heavy atom. The summed E-state index contributed by atoms with van der Waals surface area (Å²) < 4.78 is 18.0. The highest BCUT2D eigenvalue weighted by atomic mass is 32.2. The molecule has 0 atom stereocenters. The first-order chi connectivity index (χ1) is 13.0. The molecule has 5 nitrogen and oxygen atoms in total. The Balaban J connectivity index is 1.79. The number of hydrogen-bond acceptors (Lipinski definition) is 5. The van der Waals surface area contributed by atoms with Crippen LogP contribution in [0.3, 0.4) is 0 Å². The zero-order valence-electron chi connectivity index (χ0n) is 14.8. The summed E-state index contributed by atoms with van der Waals surface area (Å²) in [5, 5.41) is 0.525. The molecule has 0 spiro atoms. The number of ether oxygens (including phenoxy) is 1. The molecular formula is C20H17FN2O3S. The van der Waals surface area contributed by atoms with Gasteiger partial charge in [0, 0.05) is 7.05 Å². The fourth-order valence-electron chi connectivity index (χ4n) is 2.36. The van der Waals surface area contributed by atoms with Gasteiger partial charge in [-0.1, -0.05) is 12.1 Å². The number of aliphatic imine (C=N–C) groups is 1. The lowest BCUT2D eigenvalue weighted by Crippen LogP contribution is -2.23. The van der Waals surface area contributed by atoms with E-state index in [0.717, 1.165) is 5.56 Å². The first kappa shape index (κ1) is 18.8. The number of hydrogen-bond donors (Lipinski definition) is 0. The topological polar surface area (TPSA) is 59.0 Å². The van der Waals surface area contributed by atoms with E-state index in [1.165, 1.54) is 28.8 Å². The normalized spacial score (nSPS) is 17.0. The van der Waals surface area contributed by atoms with Gasteiger partial charge in [-0.05, 0) is 66.7 Å². The molecule has 2 aromatic rings. The minimum absolute atomic E-state index is 0.175. The molecule has 2 aromatic carbocycles. The summed E-state index contributed by atoms with van der Waals surface area (Å²) in [5.74, 6) is -0.886. The van der Waals surface area contributed by atoms with Crippen molar-refractivity contribution in [3.8, 4) is 0 Å². The minimum atomic E-state index is -0.385. The van der Waals surface area contributed by atoms with E-state index in [4.69, 9.17) is 4.74 Å². The van der Waals surface area contributed by atoms with E-state index in [0.29, 0.717) is 27.9 Å². The molecule has 3 rings (SSSR count). The largest absolute Gasteiger partial charge is 0.462 e. The third kappa shape index (κ3) is 4.43. The van der Waals surface area contributed by atoms with Crippen LogP contribution in [0.2, 0.25) is 0 Å². The van der Waals surface area contributed by atoms with Crippen molar-refractivity contribution >= 4 is 40.6 Å². The maximum Gasteiger partial charge on any atom is 0.338 e. The number of carbonyl (C=O) groups excluding carboxylic acids is 2. The van der Waals surface area contributed by atoms with Crippen LogP contribution in [0.1, 0.15) is 22.8 Å². The third-order valence-corrected chi connectivity index (χ3v) is 4.83. The minimum Gasteiger partial charge on any atom is -0.462 e. The Morgan fingerprint density at radius 2 is 1.85 bits per heavy atom. The average Bonchev–Trinajstić information content (AvgIpc) is 2.92. The molecule has 1 aliphatic rings. The van der Waals surface area contributed by atoms with Crippen LogP contribution in [0.15, 0.2) is 58.4 Å². The van der Waals surface area contributed by atoms with Gasteiger partial charge in [-0.25, -0.2) is 14.2 Å². The van der Waals surface area contributed by atoms with Gasteiger partial charge in [-0.2, -0.15) is 0 Å². The van der Waals surface area contributed by atoms with E-state index in [2.05, 4.69) is 4.99 Å². The summed E-state index contributed by atoms with van der Waals surface area (Å²) >= 11 is 1.24. The monoisotopic (exact) mass is 384 g/mol. The summed E-state index contributed by atoms with van der Waals surface area (Å²) in [4.78, 5) is 30.5. The van der Waals surface area contributed by atoms with Crippen molar-refractivity contribution in [3.05, 3.63) is 70.4 Å². The molecule has 1 heterocycles. The number of nitrogens with zero attached hydrogens (tertiary/aromatic N) is 2. The Kier molecular flexibility index (Phi) is 5.71. The smallest absolute Gasteiger partial charge is 0.338 e. The first-order valence-corrected chi connectivity index (χ1v) is 9.08. The van der Waals surface area contributed by atoms with Gasteiger partial charge in [-0.3, -0.25) is 9.69 Å². The number of thioether (sulfide) groups is 1. The fourth-order valence-corrected chi connectivity index (χ4v) is 3.35. The van der Waals surface area contributed by atoms with Crippen molar-refractivity contribution in [1.82, 2.24) is 4.90 Å². The summed E-state index contributed by atoms with van der Waals surface area (Å²) in [6.07, 6.45) is 1.70. The molecule has 138 valence electrons. The Labute approximate surface area is 160 Å². The van der Waals surface area contributed by atoms with Crippen molar-refractivity contribution in [1.29, 1.82) is 0 Å². The number of amidine groups is 1. The molecule has 0 radical (unpaired) electrons. The highest BCUT2D eigenvalue weighted by molar-refractivity contribution is 8.18. The number of esters is 1. The van der Waals surface area contributed by atoms with E-state index in [9.17, 15) is 14.0 Å². The SMILES string of the molecule is CCOC(=O)c1ccc(N=C2SC(=Cc3ccc(F)cc3)C(=O)N2C)cc1.